The highest BCUT2D eigenvalue weighted by molar-refractivity contribution is 5.87. The Bertz CT molecular complexity index is 238. The van der Waals surface area contributed by atoms with Crippen LogP contribution in [0.5, 0.6) is 0 Å². The van der Waals surface area contributed by atoms with Crippen molar-refractivity contribution in [2.24, 2.45) is 0 Å². The zero-order valence-corrected chi connectivity index (χ0v) is 8.40. The van der Waals surface area contributed by atoms with Gasteiger partial charge in [-0.25, -0.2) is 4.79 Å². The summed E-state index contributed by atoms with van der Waals surface area (Å²) < 4.78 is 0. The van der Waals surface area contributed by atoms with Crippen molar-refractivity contribution < 1.29 is 19.8 Å². The van der Waals surface area contributed by atoms with E-state index in [1.807, 2.05) is 0 Å². The predicted octanol–water partition coefficient (Wildman–Crippen LogP) is -1.31. The number of aliphatic hydroxyl groups excluding tert-OH is 1. The minimum atomic E-state index is -1.12. The minimum absolute atomic E-state index is 0.0355. The lowest BCUT2D eigenvalue weighted by atomic mass is 10.1. The van der Waals surface area contributed by atoms with Gasteiger partial charge in [-0.05, 0) is 19.4 Å². The molecule has 4 N–H and O–H groups in total. The summed E-state index contributed by atoms with van der Waals surface area (Å²) in [5.41, 5.74) is 0. The second-order valence-electron chi connectivity index (χ2n) is 3.56. The molecule has 2 atom stereocenters. The maximum Gasteiger partial charge on any atom is 0.326 e. The summed E-state index contributed by atoms with van der Waals surface area (Å²) >= 11 is 0. The molecule has 86 valence electrons. The molecule has 15 heavy (non-hydrogen) atoms. The Morgan fingerprint density at radius 3 is 2.73 bits per heavy atom. The van der Waals surface area contributed by atoms with E-state index >= 15 is 0 Å². The Hall–Kier alpha value is -1.14. The molecule has 1 fully saturated rings. The van der Waals surface area contributed by atoms with E-state index in [0.717, 1.165) is 19.4 Å². The molecular weight excluding hydrogens is 200 g/mol. The van der Waals surface area contributed by atoms with Gasteiger partial charge in [0.25, 0.3) is 0 Å². The van der Waals surface area contributed by atoms with Gasteiger partial charge in [-0.2, -0.15) is 0 Å². The summed E-state index contributed by atoms with van der Waals surface area (Å²) in [6.45, 7) is 0.533. The van der Waals surface area contributed by atoms with E-state index in [-0.39, 0.29) is 25.0 Å². The van der Waals surface area contributed by atoms with Gasteiger partial charge < -0.3 is 20.8 Å². The van der Waals surface area contributed by atoms with Gasteiger partial charge in [0.05, 0.1) is 6.04 Å². The van der Waals surface area contributed by atoms with Gasteiger partial charge in [0.15, 0.2) is 0 Å². The molecule has 1 aliphatic rings. The van der Waals surface area contributed by atoms with Crippen LogP contribution in [0.1, 0.15) is 19.3 Å². The molecule has 6 nitrogen and oxygen atoms in total. The number of carbonyl (C=O) groups excluding carboxylic acids is 1. The number of amides is 1. The number of hydrogen-bond acceptors (Lipinski definition) is 4. The Balaban J connectivity index is 2.42. The second-order valence-corrected chi connectivity index (χ2v) is 3.56. The molecule has 6 heteroatoms. The Morgan fingerprint density at radius 2 is 2.27 bits per heavy atom. The summed E-state index contributed by atoms with van der Waals surface area (Å²) in [4.78, 5) is 22.2. The zero-order valence-electron chi connectivity index (χ0n) is 8.40. The van der Waals surface area contributed by atoms with Gasteiger partial charge in [0.1, 0.15) is 6.04 Å². The van der Waals surface area contributed by atoms with Crippen LogP contribution in [0.2, 0.25) is 0 Å². The number of carboxylic acid groups (broad SMARTS) is 1. The highest BCUT2D eigenvalue weighted by atomic mass is 16.4. The van der Waals surface area contributed by atoms with E-state index in [2.05, 4.69) is 10.6 Å². The van der Waals surface area contributed by atoms with Crippen molar-refractivity contribution >= 4 is 11.9 Å². The normalized spacial score (nSPS) is 22.3. The molecule has 0 saturated carbocycles. The van der Waals surface area contributed by atoms with E-state index in [9.17, 15) is 9.59 Å². The number of nitrogens with one attached hydrogen (secondary N) is 2. The molecule has 1 heterocycles. The highest BCUT2D eigenvalue weighted by Crippen LogP contribution is 2.05. The summed E-state index contributed by atoms with van der Waals surface area (Å²) in [5, 5.41) is 22.8. The van der Waals surface area contributed by atoms with Gasteiger partial charge in [-0.15, -0.1) is 0 Å². The molecule has 0 aliphatic carbocycles. The van der Waals surface area contributed by atoms with E-state index in [0.29, 0.717) is 0 Å². The summed E-state index contributed by atoms with van der Waals surface area (Å²) in [7, 11) is 0. The third-order valence-corrected chi connectivity index (χ3v) is 2.41. The Kier molecular flexibility index (Phi) is 4.51. The lowest BCUT2D eigenvalue weighted by molar-refractivity contribution is -0.142. The first kappa shape index (κ1) is 11.9. The maximum atomic E-state index is 11.5. The molecule has 1 saturated heterocycles. The van der Waals surface area contributed by atoms with Crippen molar-refractivity contribution in [1.29, 1.82) is 0 Å². The quantitative estimate of drug-likeness (QED) is 0.457. The highest BCUT2D eigenvalue weighted by Gasteiger charge is 2.26. The van der Waals surface area contributed by atoms with E-state index in [4.69, 9.17) is 10.2 Å². The maximum absolute atomic E-state index is 11.5. The van der Waals surface area contributed by atoms with Gasteiger partial charge in [0.2, 0.25) is 5.91 Å². The topological polar surface area (TPSA) is 98.7 Å². The SMILES string of the molecule is O=C(O)[C@@H](CCO)NC(=O)[C@H]1CCCN1. The summed E-state index contributed by atoms with van der Waals surface area (Å²) in [6, 6.07) is -1.28. The lowest BCUT2D eigenvalue weighted by Crippen LogP contribution is -2.48. The van der Waals surface area contributed by atoms with E-state index in [1.165, 1.54) is 0 Å². The molecule has 0 aromatic carbocycles. The van der Waals surface area contributed by atoms with Crippen molar-refractivity contribution in [2.75, 3.05) is 13.2 Å². The third-order valence-electron chi connectivity index (χ3n) is 2.41. The fraction of sp³-hybridized carbons (Fsp3) is 0.778. The second kappa shape index (κ2) is 5.67. The number of aliphatic carboxylic acids is 1. The molecule has 0 bridgehead atoms. The van der Waals surface area contributed by atoms with Gasteiger partial charge in [-0.1, -0.05) is 0 Å². The minimum Gasteiger partial charge on any atom is -0.480 e. The van der Waals surface area contributed by atoms with Crippen LogP contribution in [-0.2, 0) is 9.59 Å². The van der Waals surface area contributed by atoms with E-state index in [1.54, 1.807) is 0 Å². The van der Waals surface area contributed by atoms with E-state index < -0.39 is 12.0 Å². The van der Waals surface area contributed by atoms with Crippen LogP contribution in [0.25, 0.3) is 0 Å². The summed E-state index contributed by atoms with van der Waals surface area (Å²) in [6.07, 6.45) is 1.70. The van der Waals surface area contributed by atoms with Crippen LogP contribution in [0.15, 0.2) is 0 Å². The molecule has 1 aliphatic heterocycles. The van der Waals surface area contributed by atoms with Crippen molar-refractivity contribution in [3.8, 4) is 0 Å². The third kappa shape index (κ3) is 3.49. The average Bonchev–Trinajstić information content (AvgIpc) is 2.69. The van der Waals surface area contributed by atoms with Crippen molar-refractivity contribution in [2.45, 2.75) is 31.3 Å². The molecule has 0 radical (unpaired) electrons. The van der Waals surface area contributed by atoms with Gasteiger partial charge in [-0.3, -0.25) is 4.79 Å². The fourth-order valence-corrected chi connectivity index (χ4v) is 1.57. The first-order chi connectivity index (χ1) is 7.15. The number of rotatable bonds is 5. The largest absolute Gasteiger partial charge is 0.480 e. The molecular formula is C9H16N2O4. The van der Waals surface area contributed by atoms with Crippen molar-refractivity contribution in [3.63, 3.8) is 0 Å². The van der Waals surface area contributed by atoms with Crippen molar-refractivity contribution in [3.05, 3.63) is 0 Å². The zero-order chi connectivity index (χ0) is 11.3. The monoisotopic (exact) mass is 216 g/mol. The Morgan fingerprint density at radius 1 is 1.53 bits per heavy atom. The van der Waals surface area contributed by atoms with Crippen LogP contribution in [0, 0.1) is 0 Å². The number of hydrogen-bond donors (Lipinski definition) is 4. The number of carboxylic acids is 1. The molecule has 0 aromatic heterocycles. The van der Waals surface area contributed by atoms with Crippen molar-refractivity contribution in [1.82, 2.24) is 10.6 Å². The van der Waals surface area contributed by atoms with Crippen LogP contribution in [-0.4, -0.2) is 47.3 Å². The van der Waals surface area contributed by atoms with Crippen LogP contribution in [0.4, 0.5) is 0 Å². The predicted molar refractivity (Wildman–Crippen MR) is 52.3 cm³/mol. The Labute approximate surface area is 87.7 Å². The first-order valence-electron chi connectivity index (χ1n) is 5.02. The van der Waals surface area contributed by atoms with Crippen LogP contribution >= 0.6 is 0 Å². The number of carbonyl (C=O) groups is 2. The van der Waals surface area contributed by atoms with Crippen LogP contribution < -0.4 is 10.6 Å². The molecule has 0 unspecified atom stereocenters. The molecule has 0 aromatic rings. The fourth-order valence-electron chi connectivity index (χ4n) is 1.57. The average molecular weight is 216 g/mol. The smallest absolute Gasteiger partial charge is 0.326 e. The van der Waals surface area contributed by atoms with Gasteiger partial charge >= 0.3 is 5.97 Å². The first-order valence-corrected chi connectivity index (χ1v) is 5.02. The summed E-state index contributed by atoms with van der Waals surface area (Å²) in [5.74, 6) is -1.41. The number of aliphatic hydroxyl groups is 1. The standard InChI is InChI=1S/C9H16N2O4/c12-5-3-7(9(14)15)11-8(13)6-2-1-4-10-6/h6-7,10,12H,1-5H2,(H,11,13)(H,14,15)/t6-,7-/m1/s1. The van der Waals surface area contributed by atoms with Gasteiger partial charge in [0, 0.05) is 13.0 Å². The van der Waals surface area contributed by atoms with Crippen LogP contribution in [0.3, 0.4) is 0 Å². The molecule has 1 rings (SSSR count). The molecule has 1 amide bonds. The lowest BCUT2D eigenvalue weighted by Gasteiger charge is -2.16. The molecule has 0 spiro atoms.